The van der Waals surface area contributed by atoms with Gasteiger partial charge in [-0.15, -0.1) is 0 Å². The second-order valence-electron chi connectivity index (χ2n) is 4.61. The van der Waals surface area contributed by atoms with Crippen molar-refractivity contribution in [3.63, 3.8) is 0 Å². The summed E-state index contributed by atoms with van der Waals surface area (Å²) in [6, 6.07) is 5.12. The quantitative estimate of drug-likeness (QED) is 0.836. The number of sulfonamides is 1. The lowest BCUT2D eigenvalue weighted by Gasteiger charge is -2.12. The molecule has 1 unspecified atom stereocenters. The van der Waals surface area contributed by atoms with Gasteiger partial charge in [-0.3, -0.25) is 4.79 Å². The van der Waals surface area contributed by atoms with Gasteiger partial charge in [0.25, 0.3) is 0 Å². The number of nitrogens with zero attached hydrogens (tertiary/aromatic N) is 1. The van der Waals surface area contributed by atoms with E-state index < -0.39 is 22.0 Å². The van der Waals surface area contributed by atoms with E-state index in [9.17, 15) is 13.2 Å². The number of pyridine rings is 1. The molecule has 0 radical (unpaired) electrons. The van der Waals surface area contributed by atoms with E-state index in [2.05, 4.69) is 9.71 Å². The highest BCUT2D eigenvalue weighted by atomic mass is 35.5. The number of halogens is 1. The Balaban J connectivity index is 2.61. The number of fused-ring (bicyclic) bond motifs is 1. The van der Waals surface area contributed by atoms with Gasteiger partial charge in [0.2, 0.25) is 10.0 Å². The second-order valence-corrected chi connectivity index (χ2v) is 6.65. The number of carbonyl (C=O) groups is 1. The Bertz CT molecular complexity index is 820. The van der Waals surface area contributed by atoms with Crippen LogP contribution in [0.4, 0.5) is 0 Å². The Morgan fingerprint density at radius 1 is 1.43 bits per heavy atom. The lowest BCUT2D eigenvalue weighted by atomic mass is 10.2. The summed E-state index contributed by atoms with van der Waals surface area (Å²) in [5.41, 5.74) is 0.934. The number of rotatable bonds is 4. The molecule has 21 heavy (non-hydrogen) atoms. The van der Waals surface area contributed by atoms with Crippen molar-refractivity contribution in [3.8, 4) is 0 Å². The maximum absolute atomic E-state index is 12.3. The molecule has 0 amide bonds. The molecule has 1 heterocycles. The van der Waals surface area contributed by atoms with Gasteiger partial charge in [-0.25, -0.2) is 13.4 Å². The van der Waals surface area contributed by atoms with E-state index in [1.807, 2.05) is 0 Å². The van der Waals surface area contributed by atoms with Gasteiger partial charge in [0, 0.05) is 5.39 Å². The Morgan fingerprint density at radius 3 is 2.71 bits per heavy atom. The van der Waals surface area contributed by atoms with E-state index in [0.29, 0.717) is 5.39 Å². The van der Waals surface area contributed by atoms with E-state index in [1.165, 1.54) is 13.0 Å². The zero-order valence-corrected chi connectivity index (χ0v) is 12.9. The predicted molar refractivity (Wildman–Crippen MR) is 78.9 cm³/mol. The van der Waals surface area contributed by atoms with Gasteiger partial charge in [0.05, 0.1) is 5.52 Å². The fourth-order valence-electron chi connectivity index (χ4n) is 1.82. The topological polar surface area (TPSA) is 96.4 Å². The van der Waals surface area contributed by atoms with Crippen LogP contribution in [0.5, 0.6) is 0 Å². The van der Waals surface area contributed by atoms with Crippen LogP contribution in [0.2, 0.25) is 5.15 Å². The fourth-order valence-corrected chi connectivity index (χ4v) is 3.33. The summed E-state index contributed by atoms with van der Waals surface area (Å²) in [5.74, 6) is -1.26. The zero-order chi connectivity index (χ0) is 15.8. The molecule has 8 heteroatoms. The zero-order valence-electron chi connectivity index (χ0n) is 11.3. The molecular weight excluding hydrogens is 316 g/mol. The van der Waals surface area contributed by atoms with Gasteiger partial charge in [-0.1, -0.05) is 23.7 Å². The maximum Gasteiger partial charge on any atom is 0.321 e. The number of nitrogens with one attached hydrogen (secondary N) is 1. The minimum absolute atomic E-state index is 0.102. The predicted octanol–water partition coefficient (Wildman–Crippen LogP) is 1.95. The molecule has 2 N–H and O–H groups in total. The standard InChI is InChI=1S/C13H13ClN2O4S/c1-7-6-9-4-3-5-10(11(9)15-12(7)14)21(19,20)16-8(2)13(17)18/h3-6,8,16H,1-2H3,(H,17,18). The van der Waals surface area contributed by atoms with Crippen molar-refractivity contribution in [1.29, 1.82) is 0 Å². The minimum Gasteiger partial charge on any atom is -0.480 e. The number of hydrogen-bond donors (Lipinski definition) is 2. The van der Waals surface area contributed by atoms with Crippen molar-refractivity contribution < 1.29 is 18.3 Å². The first kappa shape index (κ1) is 15.7. The van der Waals surface area contributed by atoms with E-state index in [4.69, 9.17) is 16.7 Å². The average Bonchev–Trinajstić information content (AvgIpc) is 2.38. The van der Waals surface area contributed by atoms with E-state index >= 15 is 0 Å². The summed E-state index contributed by atoms with van der Waals surface area (Å²) >= 11 is 5.95. The number of para-hydroxylation sites is 1. The molecule has 1 aromatic heterocycles. The Morgan fingerprint density at radius 2 is 2.10 bits per heavy atom. The van der Waals surface area contributed by atoms with Crippen molar-refractivity contribution >= 4 is 38.5 Å². The van der Waals surface area contributed by atoms with Crippen LogP contribution in [-0.4, -0.2) is 30.5 Å². The number of hydrogen-bond acceptors (Lipinski definition) is 4. The molecular formula is C13H13ClN2O4S. The van der Waals surface area contributed by atoms with Gasteiger partial charge in [0.1, 0.15) is 16.1 Å². The molecule has 2 aromatic rings. The second kappa shape index (κ2) is 5.59. The molecule has 0 fully saturated rings. The van der Waals surface area contributed by atoms with Crippen molar-refractivity contribution in [3.05, 3.63) is 35.0 Å². The summed E-state index contributed by atoms with van der Waals surface area (Å²) in [6.45, 7) is 3.01. The van der Waals surface area contributed by atoms with Gasteiger partial charge in [-0.05, 0) is 31.5 Å². The molecule has 0 bridgehead atoms. The van der Waals surface area contributed by atoms with Gasteiger partial charge < -0.3 is 5.11 Å². The number of aryl methyl sites for hydroxylation is 1. The van der Waals surface area contributed by atoms with Crippen LogP contribution in [0.1, 0.15) is 12.5 Å². The summed E-state index contributed by atoms with van der Waals surface area (Å²) in [6.07, 6.45) is 0. The van der Waals surface area contributed by atoms with E-state index in [-0.39, 0.29) is 15.6 Å². The van der Waals surface area contributed by atoms with Gasteiger partial charge in [0.15, 0.2) is 0 Å². The van der Waals surface area contributed by atoms with Crippen LogP contribution in [0, 0.1) is 6.92 Å². The van der Waals surface area contributed by atoms with Crippen LogP contribution in [0.3, 0.4) is 0 Å². The Hall–Kier alpha value is -1.70. The normalized spacial score (nSPS) is 13.3. The summed E-state index contributed by atoms with van der Waals surface area (Å²) < 4.78 is 26.7. The molecule has 2 rings (SSSR count). The van der Waals surface area contributed by atoms with Gasteiger partial charge in [-0.2, -0.15) is 4.72 Å². The first-order valence-electron chi connectivity index (χ1n) is 6.03. The summed E-state index contributed by atoms with van der Waals surface area (Å²) in [7, 11) is -4.01. The molecule has 0 aliphatic heterocycles. The van der Waals surface area contributed by atoms with E-state index in [1.54, 1.807) is 25.1 Å². The SMILES string of the molecule is Cc1cc2cccc(S(=O)(=O)NC(C)C(=O)O)c2nc1Cl. The highest BCUT2D eigenvalue weighted by Gasteiger charge is 2.24. The highest BCUT2D eigenvalue weighted by Crippen LogP contribution is 2.25. The van der Waals surface area contributed by atoms with Crippen LogP contribution in [0.25, 0.3) is 10.9 Å². The third-order valence-electron chi connectivity index (χ3n) is 2.93. The lowest BCUT2D eigenvalue weighted by molar-refractivity contribution is -0.138. The highest BCUT2D eigenvalue weighted by molar-refractivity contribution is 7.89. The van der Waals surface area contributed by atoms with Crippen LogP contribution >= 0.6 is 11.6 Å². The number of carboxylic acid groups (broad SMARTS) is 1. The first-order valence-corrected chi connectivity index (χ1v) is 7.89. The molecule has 0 saturated heterocycles. The fraction of sp³-hybridized carbons (Fsp3) is 0.231. The van der Waals surface area contributed by atoms with Crippen LogP contribution < -0.4 is 4.72 Å². The maximum atomic E-state index is 12.3. The van der Waals surface area contributed by atoms with Crippen LogP contribution in [-0.2, 0) is 14.8 Å². The molecule has 0 aliphatic rings. The molecule has 1 atom stereocenters. The number of benzene rings is 1. The van der Waals surface area contributed by atoms with Crippen LogP contribution in [0.15, 0.2) is 29.2 Å². The number of aliphatic carboxylic acids is 1. The Labute approximate surface area is 126 Å². The molecule has 112 valence electrons. The van der Waals surface area contributed by atoms with Crippen molar-refractivity contribution in [2.45, 2.75) is 24.8 Å². The van der Waals surface area contributed by atoms with E-state index in [0.717, 1.165) is 5.56 Å². The van der Waals surface area contributed by atoms with Crippen molar-refractivity contribution in [2.75, 3.05) is 0 Å². The third kappa shape index (κ3) is 3.15. The Kier molecular flexibility index (Phi) is 4.18. The largest absolute Gasteiger partial charge is 0.480 e. The minimum atomic E-state index is -4.01. The summed E-state index contributed by atoms with van der Waals surface area (Å²) in [5, 5.41) is 9.64. The molecule has 0 spiro atoms. The molecule has 0 aliphatic carbocycles. The lowest BCUT2D eigenvalue weighted by Crippen LogP contribution is -2.38. The number of aromatic nitrogens is 1. The molecule has 0 saturated carbocycles. The average molecular weight is 329 g/mol. The van der Waals surface area contributed by atoms with Crippen molar-refractivity contribution in [1.82, 2.24) is 9.71 Å². The third-order valence-corrected chi connectivity index (χ3v) is 4.88. The molecule has 1 aromatic carbocycles. The number of carboxylic acids is 1. The molecule has 6 nitrogen and oxygen atoms in total. The summed E-state index contributed by atoms with van der Waals surface area (Å²) in [4.78, 5) is 14.8. The van der Waals surface area contributed by atoms with Gasteiger partial charge >= 0.3 is 5.97 Å². The van der Waals surface area contributed by atoms with Crippen molar-refractivity contribution in [2.24, 2.45) is 0 Å². The smallest absolute Gasteiger partial charge is 0.321 e. The first-order chi connectivity index (χ1) is 9.72. The monoisotopic (exact) mass is 328 g/mol.